The van der Waals surface area contributed by atoms with Crippen LogP contribution in [0.2, 0.25) is 0 Å². The van der Waals surface area contributed by atoms with E-state index in [1.54, 1.807) is 11.8 Å². The summed E-state index contributed by atoms with van der Waals surface area (Å²) >= 11 is 1.62. The lowest BCUT2D eigenvalue weighted by Crippen LogP contribution is -2.01. The van der Waals surface area contributed by atoms with Crippen LogP contribution < -0.4 is 5.73 Å². The van der Waals surface area contributed by atoms with E-state index < -0.39 is 0 Å². The molecular weight excluding hydrogens is 170 g/mol. The molecule has 1 aromatic heterocycles. The zero-order chi connectivity index (χ0) is 8.97. The van der Waals surface area contributed by atoms with Crippen LogP contribution in [0.25, 0.3) is 0 Å². The van der Waals surface area contributed by atoms with Gasteiger partial charge < -0.3 is 5.73 Å². The molecule has 0 unspecified atom stereocenters. The first kappa shape index (κ1) is 9.32. The van der Waals surface area contributed by atoms with Crippen LogP contribution in [0, 0.1) is 0 Å². The van der Waals surface area contributed by atoms with E-state index in [0.29, 0.717) is 5.82 Å². The van der Waals surface area contributed by atoms with Crippen LogP contribution in [0.4, 0.5) is 5.82 Å². The van der Waals surface area contributed by atoms with Crippen molar-refractivity contribution >= 4 is 17.6 Å². The predicted octanol–water partition coefficient (Wildman–Crippen LogP) is 1.73. The van der Waals surface area contributed by atoms with E-state index in [0.717, 1.165) is 23.4 Å². The quantitative estimate of drug-likeness (QED) is 0.573. The smallest absolute Gasteiger partial charge is 0.131 e. The van der Waals surface area contributed by atoms with Gasteiger partial charge in [-0.25, -0.2) is 9.97 Å². The molecule has 1 aromatic rings. The summed E-state index contributed by atoms with van der Waals surface area (Å²) in [4.78, 5) is 8.11. The van der Waals surface area contributed by atoms with Gasteiger partial charge in [-0.05, 0) is 12.7 Å². The van der Waals surface area contributed by atoms with E-state index in [4.69, 9.17) is 5.73 Å². The molecule has 2 N–H and O–H groups in total. The summed E-state index contributed by atoms with van der Waals surface area (Å²) in [7, 11) is 0. The first-order chi connectivity index (χ1) is 5.79. The van der Waals surface area contributed by atoms with Crippen molar-refractivity contribution in [3.8, 4) is 0 Å². The Hall–Kier alpha value is -0.770. The molecule has 0 radical (unpaired) electrons. The van der Waals surface area contributed by atoms with Gasteiger partial charge >= 0.3 is 0 Å². The molecule has 0 aliphatic rings. The number of thioether (sulfide) groups is 1. The van der Waals surface area contributed by atoms with Crippen molar-refractivity contribution in [2.75, 3.05) is 12.0 Å². The summed E-state index contributed by atoms with van der Waals surface area (Å²) in [6, 6.07) is 0. The molecule has 0 aromatic carbocycles. The van der Waals surface area contributed by atoms with Crippen molar-refractivity contribution in [3.05, 3.63) is 11.9 Å². The third-order valence-corrected chi connectivity index (χ3v) is 2.37. The number of aromatic nitrogens is 2. The monoisotopic (exact) mass is 183 g/mol. The fourth-order valence-electron chi connectivity index (χ4n) is 1.07. The van der Waals surface area contributed by atoms with Crippen LogP contribution >= 0.6 is 11.8 Å². The van der Waals surface area contributed by atoms with Crippen molar-refractivity contribution in [1.82, 2.24) is 9.97 Å². The van der Waals surface area contributed by atoms with Crippen LogP contribution in [0.15, 0.2) is 11.4 Å². The molecule has 0 saturated carbocycles. The molecule has 0 saturated heterocycles. The second-order valence-electron chi connectivity index (χ2n) is 2.50. The fourth-order valence-corrected chi connectivity index (χ4v) is 1.68. The highest BCUT2D eigenvalue weighted by Crippen LogP contribution is 2.21. The van der Waals surface area contributed by atoms with Gasteiger partial charge in [0.15, 0.2) is 0 Å². The predicted molar refractivity (Wildman–Crippen MR) is 52.2 cm³/mol. The Labute approximate surface area is 76.8 Å². The van der Waals surface area contributed by atoms with Gasteiger partial charge in [-0.2, -0.15) is 0 Å². The van der Waals surface area contributed by atoms with Gasteiger partial charge in [-0.15, -0.1) is 11.8 Å². The average Bonchev–Trinajstić information content (AvgIpc) is 2.09. The van der Waals surface area contributed by atoms with E-state index in [-0.39, 0.29) is 0 Å². The molecule has 1 rings (SSSR count). The Kier molecular flexibility index (Phi) is 3.34. The van der Waals surface area contributed by atoms with Gasteiger partial charge in [-0.3, -0.25) is 0 Å². The number of anilines is 1. The maximum Gasteiger partial charge on any atom is 0.131 e. The molecule has 12 heavy (non-hydrogen) atoms. The van der Waals surface area contributed by atoms with Crippen molar-refractivity contribution in [2.45, 2.75) is 24.8 Å². The van der Waals surface area contributed by atoms with Gasteiger partial charge in [0.25, 0.3) is 0 Å². The summed E-state index contributed by atoms with van der Waals surface area (Å²) in [5, 5.41) is 1.00. The number of nitrogens with two attached hydrogens (primary N) is 1. The van der Waals surface area contributed by atoms with Crippen LogP contribution in [-0.2, 0) is 6.42 Å². The van der Waals surface area contributed by atoms with Gasteiger partial charge in [0, 0.05) is 5.56 Å². The zero-order valence-corrected chi connectivity index (χ0v) is 8.19. The average molecular weight is 183 g/mol. The second-order valence-corrected chi connectivity index (χ2v) is 3.29. The maximum atomic E-state index is 5.72. The lowest BCUT2D eigenvalue weighted by atomic mass is 10.2. The maximum absolute atomic E-state index is 5.72. The van der Waals surface area contributed by atoms with E-state index in [1.807, 2.05) is 6.26 Å². The van der Waals surface area contributed by atoms with Crippen molar-refractivity contribution in [1.29, 1.82) is 0 Å². The Morgan fingerprint density at radius 3 is 2.83 bits per heavy atom. The molecule has 4 heteroatoms. The Balaban J connectivity index is 3.02. The minimum absolute atomic E-state index is 0.621. The Morgan fingerprint density at radius 1 is 1.50 bits per heavy atom. The topological polar surface area (TPSA) is 51.8 Å². The van der Waals surface area contributed by atoms with Crippen molar-refractivity contribution in [2.24, 2.45) is 0 Å². The Morgan fingerprint density at radius 2 is 2.25 bits per heavy atom. The minimum Gasteiger partial charge on any atom is -0.383 e. The summed E-state index contributed by atoms with van der Waals surface area (Å²) in [6.45, 7) is 2.12. The first-order valence-corrected chi connectivity index (χ1v) is 5.15. The molecule has 0 spiro atoms. The molecule has 3 nitrogen and oxygen atoms in total. The van der Waals surface area contributed by atoms with Crippen LogP contribution in [-0.4, -0.2) is 16.2 Å². The number of nitrogen functional groups attached to an aromatic ring is 1. The van der Waals surface area contributed by atoms with Gasteiger partial charge in [-0.1, -0.05) is 13.3 Å². The summed E-state index contributed by atoms with van der Waals surface area (Å²) in [5.41, 5.74) is 6.81. The number of hydrogen-bond donors (Lipinski definition) is 1. The second kappa shape index (κ2) is 4.30. The van der Waals surface area contributed by atoms with E-state index in [2.05, 4.69) is 16.9 Å². The van der Waals surface area contributed by atoms with Gasteiger partial charge in [0.1, 0.15) is 17.2 Å². The van der Waals surface area contributed by atoms with Crippen LogP contribution in [0.5, 0.6) is 0 Å². The summed E-state index contributed by atoms with van der Waals surface area (Å²) < 4.78 is 0. The standard InChI is InChI=1S/C8H13N3S/c1-3-4-6-7(9)10-5-11-8(6)12-2/h5H,3-4H2,1-2H3,(H2,9,10,11). The molecule has 66 valence electrons. The van der Waals surface area contributed by atoms with Crippen molar-refractivity contribution < 1.29 is 0 Å². The lowest BCUT2D eigenvalue weighted by molar-refractivity contribution is 0.862. The number of hydrogen-bond acceptors (Lipinski definition) is 4. The fraction of sp³-hybridized carbons (Fsp3) is 0.500. The van der Waals surface area contributed by atoms with Gasteiger partial charge in [0.05, 0.1) is 0 Å². The zero-order valence-electron chi connectivity index (χ0n) is 7.37. The third kappa shape index (κ3) is 1.88. The summed E-state index contributed by atoms with van der Waals surface area (Å²) in [6.07, 6.45) is 5.55. The highest BCUT2D eigenvalue weighted by atomic mass is 32.2. The van der Waals surface area contributed by atoms with Gasteiger partial charge in [0.2, 0.25) is 0 Å². The summed E-state index contributed by atoms with van der Waals surface area (Å²) in [5.74, 6) is 0.621. The SMILES string of the molecule is CCCc1c(N)ncnc1SC. The third-order valence-electron chi connectivity index (χ3n) is 1.63. The van der Waals surface area contributed by atoms with Crippen LogP contribution in [0.1, 0.15) is 18.9 Å². The highest BCUT2D eigenvalue weighted by molar-refractivity contribution is 7.98. The van der Waals surface area contributed by atoms with Crippen molar-refractivity contribution in [3.63, 3.8) is 0 Å². The molecule has 1 heterocycles. The van der Waals surface area contributed by atoms with E-state index in [1.165, 1.54) is 6.33 Å². The molecule has 0 aliphatic heterocycles. The number of nitrogens with zero attached hydrogens (tertiary/aromatic N) is 2. The molecule has 0 fully saturated rings. The number of rotatable bonds is 3. The van der Waals surface area contributed by atoms with E-state index >= 15 is 0 Å². The molecule has 0 bridgehead atoms. The molecular formula is C8H13N3S. The van der Waals surface area contributed by atoms with E-state index in [9.17, 15) is 0 Å². The normalized spacial score (nSPS) is 10.2. The highest BCUT2D eigenvalue weighted by Gasteiger charge is 2.05. The molecule has 0 aliphatic carbocycles. The van der Waals surface area contributed by atoms with Crippen LogP contribution in [0.3, 0.4) is 0 Å². The Bertz CT molecular complexity index is 262. The minimum atomic E-state index is 0.621. The molecule has 0 amide bonds. The first-order valence-electron chi connectivity index (χ1n) is 3.93. The molecule has 0 atom stereocenters. The largest absolute Gasteiger partial charge is 0.383 e. The lowest BCUT2D eigenvalue weighted by Gasteiger charge is -2.06.